The van der Waals surface area contributed by atoms with Crippen LogP contribution >= 0.6 is 27.3 Å². The molecule has 29 heavy (non-hydrogen) atoms. The minimum Gasteiger partial charge on any atom is -0.348 e. The maximum atomic E-state index is 4.93. The topological polar surface area (TPSA) is 28.2 Å². The number of hydrogen-bond donors (Lipinski definition) is 1. The summed E-state index contributed by atoms with van der Waals surface area (Å²) in [5, 5.41) is 6.92. The lowest BCUT2D eigenvalue weighted by atomic mass is 9.79. The Morgan fingerprint density at radius 2 is 1.69 bits per heavy atom. The van der Waals surface area contributed by atoms with Crippen LogP contribution in [0.25, 0.3) is 11.3 Å². The average Bonchev–Trinajstić information content (AvgIpc) is 3.28. The molecule has 0 amide bonds. The van der Waals surface area contributed by atoms with Gasteiger partial charge in [-0.25, -0.2) is 4.98 Å². The molecule has 2 aliphatic rings. The minimum atomic E-state index is 0.691. The van der Waals surface area contributed by atoms with Crippen molar-refractivity contribution >= 4 is 32.4 Å². The normalized spacial score (nSPS) is 22.0. The number of thiazole rings is 1. The minimum absolute atomic E-state index is 0.691. The molecular weight excluding hydrogens is 442 g/mol. The number of hydrogen-bond acceptors (Lipinski definition) is 4. The van der Waals surface area contributed by atoms with E-state index in [1.807, 2.05) is 0 Å². The van der Waals surface area contributed by atoms with Gasteiger partial charge in [0.15, 0.2) is 5.13 Å². The Hall–Kier alpha value is -1.17. The lowest BCUT2D eigenvalue weighted by Gasteiger charge is -2.35. The van der Waals surface area contributed by atoms with Gasteiger partial charge in [-0.05, 0) is 75.6 Å². The van der Waals surface area contributed by atoms with Crippen molar-refractivity contribution in [2.24, 2.45) is 11.8 Å². The van der Waals surface area contributed by atoms with Gasteiger partial charge in [0.25, 0.3) is 0 Å². The summed E-state index contributed by atoms with van der Waals surface area (Å²) in [5.41, 5.74) is 3.82. The third-order valence-electron chi connectivity index (χ3n) is 6.51. The number of piperidine rings is 1. The number of rotatable bonds is 4. The van der Waals surface area contributed by atoms with Crippen LogP contribution in [0, 0.1) is 11.8 Å². The van der Waals surface area contributed by atoms with Crippen molar-refractivity contribution in [1.82, 2.24) is 10.3 Å². The summed E-state index contributed by atoms with van der Waals surface area (Å²) in [6.07, 6.45) is 9.04. The molecule has 0 spiro atoms. The zero-order valence-corrected chi connectivity index (χ0v) is 19.6. The van der Waals surface area contributed by atoms with E-state index < -0.39 is 0 Å². The Kier molecular flexibility index (Phi) is 7.44. The molecule has 2 fully saturated rings. The van der Waals surface area contributed by atoms with Crippen molar-refractivity contribution in [3.63, 3.8) is 0 Å². The Morgan fingerprint density at radius 3 is 2.48 bits per heavy atom. The van der Waals surface area contributed by atoms with Crippen LogP contribution in [-0.4, -0.2) is 31.2 Å². The number of benzene rings is 1. The second-order valence-electron chi connectivity index (χ2n) is 8.44. The first-order chi connectivity index (χ1) is 14.2. The average molecular weight is 475 g/mol. The van der Waals surface area contributed by atoms with Crippen LogP contribution in [-0.2, 0) is 0 Å². The van der Waals surface area contributed by atoms with Crippen LogP contribution in [0.3, 0.4) is 0 Å². The largest absolute Gasteiger partial charge is 0.348 e. The van der Waals surface area contributed by atoms with Crippen molar-refractivity contribution in [3.05, 3.63) is 46.3 Å². The Morgan fingerprint density at radius 1 is 1.00 bits per heavy atom. The Labute approximate surface area is 187 Å². The number of halogens is 1. The molecule has 1 aromatic carbocycles. The number of anilines is 1. The molecule has 2 aromatic rings. The summed E-state index contributed by atoms with van der Waals surface area (Å²) in [7, 11) is 0. The molecule has 2 aliphatic heterocycles. The van der Waals surface area contributed by atoms with Gasteiger partial charge in [-0.3, -0.25) is 0 Å². The predicted octanol–water partition coefficient (Wildman–Crippen LogP) is 6.52. The molecule has 5 heteroatoms. The van der Waals surface area contributed by atoms with E-state index in [0.29, 0.717) is 5.92 Å². The lowest BCUT2D eigenvalue weighted by molar-refractivity contribution is 0.384. The molecule has 3 heterocycles. The Balaban J connectivity index is 1.33. The van der Waals surface area contributed by atoms with E-state index in [-0.39, 0.29) is 0 Å². The fraction of sp³-hybridized carbons (Fsp3) is 0.542. The molecule has 0 saturated carbocycles. The highest BCUT2D eigenvalue weighted by molar-refractivity contribution is 9.10. The molecular formula is C24H32BrN3S. The SMILES string of the molecule is C=C(C1CCCCNCCC1)C1CCN(c2nc(-c3ccc(Br)cc3)cs2)CC1. The van der Waals surface area contributed by atoms with Gasteiger partial charge in [0.2, 0.25) is 0 Å². The third kappa shape index (κ3) is 5.50. The summed E-state index contributed by atoms with van der Waals surface area (Å²) >= 11 is 5.28. The molecule has 156 valence electrons. The predicted molar refractivity (Wildman–Crippen MR) is 129 cm³/mol. The quantitative estimate of drug-likeness (QED) is 0.512. The van der Waals surface area contributed by atoms with E-state index in [0.717, 1.165) is 29.2 Å². The first-order valence-corrected chi connectivity index (χ1v) is 12.7. The van der Waals surface area contributed by atoms with Crippen LogP contribution in [0.2, 0.25) is 0 Å². The molecule has 2 saturated heterocycles. The van der Waals surface area contributed by atoms with Gasteiger partial charge in [-0.2, -0.15) is 0 Å². The summed E-state index contributed by atoms with van der Waals surface area (Å²) in [6, 6.07) is 8.43. The maximum absolute atomic E-state index is 4.93. The van der Waals surface area contributed by atoms with Gasteiger partial charge in [0, 0.05) is 28.5 Å². The van der Waals surface area contributed by atoms with Gasteiger partial charge in [-0.1, -0.05) is 46.6 Å². The van der Waals surface area contributed by atoms with Crippen LogP contribution in [0.4, 0.5) is 5.13 Å². The summed E-state index contributed by atoms with van der Waals surface area (Å²) in [5.74, 6) is 1.42. The van der Waals surface area contributed by atoms with Gasteiger partial charge >= 0.3 is 0 Å². The monoisotopic (exact) mass is 473 g/mol. The zero-order chi connectivity index (χ0) is 20.1. The molecule has 1 N–H and O–H groups in total. The number of aromatic nitrogens is 1. The van der Waals surface area contributed by atoms with E-state index >= 15 is 0 Å². The van der Waals surface area contributed by atoms with Gasteiger partial charge in [0.05, 0.1) is 5.69 Å². The first kappa shape index (κ1) is 21.1. The summed E-state index contributed by atoms with van der Waals surface area (Å²) < 4.78 is 1.11. The molecule has 1 unspecified atom stereocenters. The number of nitrogens with one attached hydrogen (secondary N) is 1. The van der Waals surface area contributed by atoms with Crippen molar-refractivity contribution in [2.45, 2.75) is 44.9 Å². The Bertz CT molecular complexity index is 783. The second kappa shape index (κ2) is 10.2. The van der Waals surface area contributed by atoms with Crippen LogP contribution in [0.15, 0.2) is 46.3 Å². The highest BCUT2D eigenvalue weighted by atomic mass is 79.9. The van der Waals surface area contributed by atoms with Crippen molar-refractivity contribution in [2.75, 3.05) is 31.1 Å². The first-order valence-electron chi connectivity index (χ1n) is 11.1. The van der Waals surface area contributed by atoms with E-state index in [1.54, 1.807) is 16.9 Å². The van der Waals surface area contributed by atoms with Crippen molar-refractivity contribution in [3.8, 4) is 11.3 Å². The van der Waals surface area contributed by atoms with E-state index in [1.165, 1.54) is 68.7 Å². The molecule has 4 rings (SSSR count). The van der Waals surface area contributed by atoms with Crippen molar-refractivity contribution < 1.29 is 0 Å². The highest BCUT2D eigenvalue weighted by Crippen LogP contribution is 2.36. The van der Waals surface area contributed by atoms with E-state index in [9.17, 15) is 0 Å². The maximum Gasteiger partial charge on any atom is 0.185 e. The van der Waals surface area contributed by atoms with Crippen molar-refractivity contribution in [1.29, 1.82) is 0 Å². The standard InChI is InChI=1S/C24H32BrN3S/c1-18(19-5-2-3-13-26-14-4-6-19)20-11-15-28(16-12-20)24-27-23(17-29-24)21-7-9-22(25)10-8-21/h7-10,17,19-20,26H,1-6,11-16H2. The van der Waals surface area contributed by atoms with Crippen LogP contribution < -0.4 is 10.2 Å². The van der Waals surface area contributed by atoms with E-state index in [2.05, 4.69) is 62.4 Å². The third-order valence-corrected chi connectivity index (χ3v) is 7.94. The fourth-order valence-electron chi connectivity index (χ4n) is 4.69. The number of nitrogens with zero attached hydrogens (tertiary/aromatic N) is 2. The van der Waals surface area contributed by atoms with E-state index in [4.69, 9.17) is 4.98 Å². The fourth-order valence-corrected chi connectivity index (χ4v) is 5.84. The molecule has 3 nitrogen and oxygen atoms in total. The second-order valence-corrected chi connectivity index (χ2v) is 10.2. The summed E-state index contributed by atoms with van der Waals surface area (Å²) in [6.45, 7) is 9.16. The summed E-state index contributed by atoms with van der Waals surface area (Å²) in [4.78, 5) is 7.40. The lowest BCUT2D eigenvalue weighted by Crippen LogP contribution is -2.35. The molecule has 1 atom stereocenters. The number of allylic oxidation sites excluding steroid dienone is 1. The smallest absolute Gasteiger partial charge is 0.185 e. The molecule has 1 aromatic heterocycles. The molecule has 0 aliphatic carbocycles. The zero-order valence-electron chi connectivity index (χ0n) is 17.2. The highest BCUT2D eigenvalue weighted by Gasteiger charge is 2.27. The van der Waals surface area contributed by atoms with Crippen LogP contribution in [0.1, 0.15) is 44.9 Å². The molecule has 0 bridgehead atoms. The van der Waals surface area contributed by atoms with Gasteiger partial charge in [-0.15, -0.1) is 11.3 Å². The van der Waals surface area contributed by atoms with Gasteiger partial charge < -0.3 is 10.2 Å². The molecule has 0 radical (unpaired) electrons. The van der Waals surface area contributed by atoms with Crippen LogP contribution in [0.5, 0.6) is 0 Å². The van der Waals surface area contributed by atoms with Gasteiger partial charge in [0.1, 0.15) is 0 Å².